The molecule has 7 heteroatoms. The highest BCUT2D eigenvalue weighted by Crippen LogP contribution is 2.24. The van der Waals surface area contributed by atoms with Crippen molar-refractivity contribution < 1.29 is 33.4 Å². The van der Waals surface area contributed by atoms with Gasteiger partial charge in [-0.05, 0) is 35.9 Å². The normalized spacial score (nSPS) is 10.4. The number of esters is 3. The van der Waals surface area contributed by atoms with Crippen molar-refractivity contribution in [2.75, 3.05) is 0 Å². The summed E-state index contributed by atoms with van der Waals surface area (Å²) < 4.78 is 14.9. The van der Waals surface area contributed by atoms with E-state index < -0.39 is 17.9 Å². The van der Waals surface area contributed by atoms with Gasteiger partial charge in [-0.1, -0.05) is 18.2 Å². The maximum absolute atomic E-state index is 12.5. The second-order valence-corrected chi connectivity index (χ2v) is 5.74. The molecule has 0 aromatic heterocycles. The van der Waals surface area contributed by atoms with Gasteiger partial charge in [-0.2, -0.15) is 0 Å². The van der Waals surface area contributed by atoms with Crippen molar-refractivity contribution in [3.63, 3.8) is 0 Å². The van der Waals surface area contributed by atoms with Gasteiger partial charge in [-0.3, -0.25) is 19.2 Å². The van der Waals surface area contributed by atoms with Crippen molar-refractivity contribution >= 4 is 29.8 Å². The number of hydrogen-bond acceptors (Lipinski definition) is 7. The Labute approximate surface area is 161 Å². The summed E-state index contributed by atoms with van der Waals surface area (Å²) in [7, 11) is 0. The van der Waals surface area contributed by atoms with Crippen LogP contribution >= 0.6 is 0 Å². The zero-order valence-electron chi connectivity index (χ0n) is 15.6. The van der Waals surface area contributed by atoms with Crippen LogP contribution in [0.15, 0.2) is 48.5 Å². The zero-order chi connectivity index (χ0) is 20.7. The van der Waals surface area contributed by atoms with Crippen LogP contribution in [-0.2, 0) is 14.4 Å². The second-order valence-electron chi connectivity index (χ2n) is 5.74. The Kier molecular flexibility index (Phi) is 6.81. The largest absolute Gasteiger partial charge is 0.427 e. The van der Waals surface area contributed by atoms with Gasteiger partial charge in [-0.15, -0.1) is 0 Å². The van der Waals surface area contributed by atoms with Gasteiger partial charge in [0.05, 0.1) is 0 Å². The first-order chi connectivity index (χ1) is 13.2. The predicted molar refractivity (Wildman–Crippen MR) is 100 cm³/mol. The summed E-state index contributed by atoms with van der Waals surface area (Å²) >= 11 is 0. The summed E-state index contributed by atoms with van der Waals surface area (Å²) in [5.41, 5.74) is 0.892. The van der Waals surface area contributed by atoms with E-state index in [1.54, 1.807) is 30.3 Å². The maximum Gasteiger partial charge on any atom is 0.308 e. The first kappa shape index (κ1) is 20.6. The van der Waals surface area contributed by atoms with E-state index in [-0.39, 0.29) is 22.8 Å². The van der Waals surface area contributed by atoms with Crippen LogP contribution in [0.3, 0.4) is 0 Å². The minimum absolute atomic E-state index is 0.0914. The van der Waals surface area contributed by atoms with E-state index in [1.807, 2.05) is 0 Å². The molecule has 144 valence electrons. The summed E-state index contributed by atoms with van der Waals surface area (Å²) in [5.74, 6) is -1.36. The third-order valence-corrected chi connectivity index (χ3v) is 3.26. The quantitative estimate of drug-likeness (QED) is 0.327. The van der Waals surface area contributed by atoms with Crippen LogP contribution in [0.5, 0.6) is 17.2 Å². The Morgan fingerprint density at radius 2 is 1.14 bits per heavy atom. The smallest absolute Gasteiger partial charge is 0.308 e. The molecule has 0 amide bonds. The number of benzene rings is 2. The van der Waals surface area contributed by atoms with Crippen molar-refractivity contribution in [3.05, 3.63) is 59.7 Å². The third-order valence-electron chi connectivity index (χ3n) is 3.26. The van der Waals surface area contributed by atoms with Gasteiger partial charge < -0.3 is 14.2 Å². The third kappa shape index (κ3) is 6.53. The van der Waals surface area contributed by atoms with Crippen molar-refractivity contribution in [3.8, 4) is 17.2 Å². The minimum atomic E-state index is -0.568. The Bertz CT molecular complexity index is 905. The summed E-state index contributed by atoms with van der Waals surface area (Å²) in [6.45, 7) is 3.75. The molecular weight excluding hydrogens is 364 g/mol. The first-order valence-electron chi connectivity index (χ1n) is 8.26. The molecule has 2 rings (SSSR count). The molecule has 0 heterocycles. The molecule has 0 unspecified atom stereocenters. The Hall–Kier alpha value is -3.74. The van der Waals surface area contributed by atoms with Crippen LogP contribution in [0, 0.1) is 0 Å². The van der Waals surface area contributed by atoms with Crippen molar-refractivity contribution in [1.82, 2.24) is 0 Å². The van der Waals surface area contributed by atoms with Gasteiger partial charge in [0.2, 0.25) is 0 Å². The number of ether oxygens (including phenoxy) is 3. The molecule has 7 nitrogen and oxygen atoms in total. The van der Waals surface area contributed by atoms with E-state index in [1.165, 1.54) is 45.0 Å². The van der Waals surface area contributed by atoms with Crippen molar-refractivity contribution in [2.45, 2.75) is 20.8 Å². The topological polar surface area (TPSA) is 96.0 Å². The molecule has 28 heavy (non-hydrogen) atoms. The fourth-order valence-electron chi connectivity index (χ4n) is 2.24. The van der Waals surface area contributed by atoms with E-state index in [4.69, 9.17) is 14.2 Å². The fourth-order valence-corrected chi connectivity index (χ4v) is 2.24. The van der Waals surface area contributed by atoms with E-state index in [0.29, 0.717) is 11.3 Å². The maximum atomic E-state index is 12.5. The van der Waals surface area contributed by atoms with E-state index in [9.17, 15) is 19.2 Å². The average molecular weight is 382 g/mol. The lowest BCUT2D eigenvalue weighted by molar-refractivity contribution is -0.133. The highest BCUT2D eigenvalue weighted by Gasteiger charge is 2.11. The van der Waals surface area contributed by atoms with Crippen LogP contribution in [-0.4, -0.2) is 23.7 Å². The molecule has 2 aromatic rings. The monoisotopic (exact) mass is 382 g/mol. The second kappa shape index (κ2) is 9.27. The van der Waals surface area contributed by atoms with E-state index in [2.05, 4.69) is 0 Å². The molecule has 2 aromatic carbocycles. The summed E-state index contributed by atoms with van der Waals surface area (Å²) in [5, 5.41) is 0. The number of ketones is 1. The molecule has 0 bridgehead atoms. The van der Waals surface area contributed by atoms with Gasteiger partial charge in [0, 0.05) is 32.4 Å². The number of rotatable bonds is 6. The number of hydrogen-bond donors (Lipinski definition) is 0. The molecule has 0 N–H and O–H groups in total. The zero-order valence-corrected chi connectivity index (χ0v) is 15.6. The fraction of sp³-hybridized carbons (Fsp3) is 0.143. The number of carbonyl (C=O) groups excluding carboxylic acids is 4. The van der Waals surface area contributed by atoms with E-state index in [0.717, 1.165) is 0 Å². The Balaban J connectivity index is 2.21. The summed E-state index contributed by atoms with van der Waals surface area (Å²) in [4.78, 5) is 45.7. The van der Waals surface area contributed by atoms with Crippen LogP contribution in [0.2, 0.25) is 0 Å². The first-order valence-corrected chi connectivity index (χ1v) is 8.26. The molecule has 0 aliphatic rings. The van der Waals surface area contributed by atoms with Gasteiger partial charge in [0.25, 0.3) is 0 Å². The lowest BCUT2D eigenvalue weighted by Crippen LogP contribution is -2.06. The van der Waals surface area contributed by atoms with Crippen LogP contribution in [0.4, 0.5) is 0 Å². The lowest BCUT2D eigenvalue weighted by atomic mass is 10.1. The summed E-state index contributed by atoms with van der Waals surface area (Å²) in [6, 6.07) is 10.7. The van der Waals surface area contributed by atoms with Gasteiger partial charge in [-0.25, -0.2) is 0 Å². The predicted octanol–water partition coefficient (Wildman–Crippen LogP) is 3.36. The molecule has 0 fully saturated rings. The van der Waals surface area contributed by atoms with Gasteiger partial charge in [0.15, 0.2) is 5.78 Å². The average Bonchev–Trinajstić information content (AvgIpc) is 2.59. The number of allylic oxidation sites excluding steroid dienone is 1. The molecule has 0 atom stereocenters. The molecule has 0 aliphatic carbocycles. The number of carbonyl (C=O) groups is 4. The minimum Gasteiger partial charge on any atom is -0.427 e. The van der Waals surface area contributed by atoms with Gasteiger partial charge in [0.1, 0.15) is 17.2 Å². The van der Waals surface area contributed by atoms with Crippen molar-refractivity contribution in [1.29, 1.82) is 0 Å². The molecular formula is C21H18O7. The summed E-state index contributed by atoms with van der Waals surface area (Å²) in [6.07, 6.45) is 2.90. The molecule has 0 saturated carbocycles. The SMILES string of the molecule is CC(=O)Oc1ccc(C=CC(=O)c2cc(OC(C)=O)cc(OC(C)=O)c2)cc1. The molecule has 0 spiro atoms. The lowest BCUT2D eigenvalue weighted by Gasteiger charge is -2.07. The van der Waals surface area contributed by atoms with E-state index >= 15 is 0 Å². The van der Waals surface area contributed by atoms with Crippen molar-refractivity contribution in [2.24, 2.45) is 0 Å². The molecule has 0 saturated heterocycles. The Morgan fingerprint density at radius 3 is 1.61 bits per heavy atom. The Morgan fingerprint density at radius 1 is 0.679 bits per heavy atom. The standard InChI is InChI=1S/C21H18O7/c1-13(22)26-18-7-4-16(5-8-18)6-9-21(25)17-10-19(27-14(2)23)12-20(11-17)28-15(3)24/h4-12H,1-3H3. The van der Waals surface area contributed by atoms with Crippen LogP contribution in [0.1, 0.15) is 36.7 Å². The van der Waals surface area contributed by atoms with Crippen LogP contribution < -0.4 is 14.2 Å². The molecule has 0 radical (unpaired) electrons. The van der Waals surface area contributed by atoms with Gasteiger partial charge >= 0.3 is 17.9 Å². The van der Waals surface area contributed by atoms with Crippen LogP contribution in [0.25, 0.3) is 6.08 Å². The highest BCUT2D eigenvalue weighted by molar-refractivity contribution is 6.07. The molecule has 0 aliphatic heterocycles. The highest BCUT2D eigenvalue weighted by atomic mass is 16.5.